The number of nitrogens with two attached hydrogens (primary N) is 1. The molecule has 0 saturated heterocycles. The van der Waals surface area contributed by atoms with Gasteiger partial charge in [-0.1, -0.05) is 0 Å². The molecule has 1 aromatic carbocycles. The van der Waals surface area contributed by atoms with E-state index in [1.807, 2.05) is 26.8 Å². The second-order valence-electron chi connectivity index (χ2n) is 5.43. The Kier molecular flexibility index (Phi) is 3.79. The van der Waals surface area contributed by atoms with Gasteiger partial charge in [0.15, 0.2) is 6.61 Å². The largest absolute Gasteiger partial charge is 0.480 e. The SMILES string of the molecule is CC(C)(C)OC(=O)COc1ccc(N)c2cccnc12. The van der Waals surface area contributed by atoms with Crippen molar-refractivity contribution in [1.82, 2.24) is 4.98 Å². The molecule has 0 radical (unpaired) electrons. The summed E-state index contributed by atoms with van der Waals surface area (Å²) in [6.45, 7) is 5.27. The summed E-state index contributed by atoms with van der Waals surface area (Å²) in [5, 5.41) is 0.800. The fraction of sp³-hybridized carbons (Fsp3) is 0.333. The van der Waals surface area contributed by atoms with Gasteiger partial charge < -0.3 is 15.2 Å². The number of ether oxygens (including phenoxy) is 2. The first kappa shape index (κ1) is 14.1. The Hall–Kier alpha value is -2.30. The van der Waals surface area contributed by atoms with Crippen LogP contribution in [0.5, 0.6) is 5.75 Å². The Morgan fingerprint density at radius 2 is 2.05 bits per heavy atom. The zero-order valence-electron chi connectivity index (χ0n) is 11.8. The molecule has 2 aromatic rings. The highest BCUT2D eigenvalue weighted by Gasteiger charge is 2.17. The molecule has 1 heterocycles. The van der Waals surface area contributed by atoms with Crippen molar-refractivity contribution in [3.05, 3.63) is 30.5 Å². The van der Waals surface area contributed by atoms with Crippen LogP contribution in [0.15, 0.2) is 30.5 Å². The molecule has 2 rings (SSSR count). The molecule has 106 valence electrons. The number of nitrogen functional groups attached to an aromatic ring is 1. The summed E-state index contributed by atoms with van der Waals surface area (Å²) in [5.74, 6) is 0.0964. The molecule has 0 fully saturated rings. The van der Waals surface area contributed by atoms with E-state index in [0.29, 0.717) is 17.0 Å². The summed E-state index contributed by atoms with van der Waals surface area (Å²) in [6.07, 6.45) is 1.65. The Labute approximate surface area is 117 Å². The van der Waals surface area contributed by atoms with E-state index in [-0.39, 0.29) is 6.61 Å². The molecule has 0 spiro atoms. The van der Waals surface area contributed by atoms with E-state index in [4.69, 9.17) is 15.2 Å². The molecule has 5 heteroatoms. The van der Waals surface area contributed by atoms with Gasteiger partial charge in [0.05, 0.1) is 0 Å². The van der Waals surface area contributed by atoms with Crippen molar-refractivity contribution in [1.29, 1.82) is 0 Å². The van der Waals surface area contributed by atoms with Crippen LogP contribution in [0.25, 0.3) is 10.9 Å². The van der Waals surface area contributed by atoms with E-state index < -0.39 is 11.6 Å². The monoisotopic (exact) mass is 274 g/mol. The van der Waals surface area contributed by atoms with Gasteiger partial charge in [0, 0.05) is 17.3 Å². The van der Waals surface area contributed by atoms with Crippen LogP contribution >= 0.6 is 0 Å². The van der Waals surface area contributed by atoms with Gasteiger partial charge in [-0.3, -0.25) is 4.98 Å². The molecular weight excluding hydrogens is 256 g/mol. The number of pyridine rings is 1. The maximum Gasteiger partial charge on any atom is 0.344 e. The summed E-state index contributed by atoms with van der Waals surface area (Å²) in [5.41, 5.74) is 6.61. The number of hydrogen-bond donors (Lipinski definition) is 1. The van der Waals surface area contributed by atoms with Crippen molar-refractivity contribution in [3.63, 3.8) is 0 Å². The quantitative estimate of drug-likeness (QED) is 0.687. The van der Waals surface area contributed by atoms with Crippen molar-refractivity contribution in [2.75, 3.05) is 12.3 Å². The van der Waals surface area contributed by atoms with Gasteiger partial charge in [-0.25, -0.2) is 4.79 Å². The van der Waals surface area contributed by atoms with E-state index in [1.54, 1.807) is 24.4 Å². The molecule has 0 aliphatic heterocycles. The van der Waals surface area contributed by atoms with E-state index in [9.17, 15) is 4.79 Å². The minimum Gasteiger partial charge on any atom is -0.480 e. The number of anilines is 1. The Morgan fingerprint density at radius 1 is 1.30 bits per heavy atom. The number of rotatable bonds is 3. The zero-order chi connectivity index (χ0) is 14.8. The van der Waals surface area contributed by atoms with Crippen LogP contribution in [0, 0.1) is 0 Å². The molecule has 0 atom stereocenters. The highest BCUT2D eigenvalue weighted by Crippen LogP contribution is 2.28. The lowest BCUT2D eigenvalue weighted by atomic mass is 10.2. The Balaban J connectivity index is 2.15. The smallest absolute Gasteiger partial charge is 0.344 e. The lowest BCUT2D eigenvalue weighted by Crippen LogP contribution is -2.27. The van der Waals surface area contributed by atoms with Gasteiger partial charge in [0.1, 0.15) is 16.9 Å². The molecule has 0 unspecified atom stereocenters. The van der Waals surface area contributed by atoms with Gasteiger partial charge in [0.2, 0.25) is 0 Å². The molecule has 1 aromatic heterocycles. The fourth-order valence-corrected chi connectivity index (χ4v) is 1.79. The summed E-state index contributed by atoms with van der Waals surface area (Å²) in [6, 6.07) is 7.10. The third kappa shape index (κ3) is 3.38. The lowest BCUT2D eigenvalue weighted by molar-refractivity contribution is -0.157. The zero-order valence-corrected chi connectivity index (χ0v) is 11.8. The van der Waals surface area contributed by atoms with Gasteiger partial charge in [-0.05, 0) is 45.0 Å². The standard InChI is InChI=1S/C15H18N2O3/c1-15(2,3)20-13(18)9-19-12-7-6-11(16)10-5-4-8-17-14(10)12/h4-8H,9,16H2,1-3H3. The molecule has 0 aliphatic rings. The van der Waals surface area contributed by atoms with Gasteiger partial charge in [0.25, 0.3) is 0 Å². The third-order valence-corrected chi connectivity index (χ3v) is 2.53. The molecule has 0 saturated carbocycles. The summed E-state index contributed by atoms with van der Waals surface area (Å²) >= 11 is 0. The van der Waals surface area contributed by atoms with E-state index in [1.165, 1.54) is 0 Å². The van der Waals surface area contributed by atoms with Crippen LogP contribution in [0.1, 0.15) is 20.8 Å². The molecule has 0 aliphatic carbocycles. The normalized spacial score (nSPS) is 11.3. The van der Waals surface area contributed by atoms with Crippen LogP contribution in [0.3, 0.4) is 0 Å². The average molecular weight is 274 g/mol. The van der Waals surface area contributed by atoms with Crippen LogP contribution < -0.4 is 10.5 Å². The number of nitrogens with zero attached hydrogens (tertiary/aromatic N) is 1. The van der Waals surface area contributed by atoms with Crippen molar-refractivity contribution < 1.29 is 14.3 Å². The third-order valence-electron chi connectivity index (χ3n) is 2.53. The van der Waals surface area contributed by atoms with Crippen molar-refractivity contribution in [3.8, 4) is 5.75 Å². The molecule has 20 heavy (non-hydrogen) atoms. The first-order valence-corrected chi connectivity index (χ1v) is 6.35. The maximum absolute atomic E-state index is 11.6. The van der Waals surface area contributed by atoms with Crippen LogP contribution in [0.2, 0.25) is 0 Å². The number of hydrogen-bond acceptors (Lipinski definition) is 5. The molecule has 5 nitrogen and oxygen atoms in total. The van der Waals surface area contributed by atoms with Crippen LogP contribution in [-0.2, 0) is 9.53 Å². The summed E-state index contributed by atoms with van der Waals surface area (Å²) in [7, 11) is 0. The number of aromatic nitrogens is 1. The first-order valence-electron chi connectivity index (χ1n) is 6.35. The summed E-state index contributed by atoms with van der Waals surface area (Å²) < 4.78 is 10.7. The van der Waals surface area contributed by atoms with Crippen molar-refractivity contribution in [2.45, 2.75) is 26.4 Å². The van der Waals surface area contributed by atoms with E-state index >= 15 is 0 Å². The van der Waals surface area contributed by atoms with E-state index in [2.05, 4.69) is 4.98 Å². The number of carbonyl (C=O) groups excluding carboxylic acids is 1. The predicted octanol–water partition coefficient (Wildman–Crippen LogP) is 2.54. The van der Waals surface area contributed by atoms with Gasteiger partial charge in [-0.2, -0.15) is 0 Å². The van der Waals surface area contributed by atoms with Crippen molar-refractivity contribution >= 4 is 22.6 Å². The predicted molar refractivity (Wildman–Crippen MR) is 77.5 cm³/mol. The van der Waals surface area contributed by atoms with Crippen LogP contribution in [0.4, 0.5) is 5.69 Å². The highest BCUT2D eigenvalue weighted by atomic mass is 16.6. The van der Waals surface area contributed by atoms with Gasteiger partial charge in [-0.15, -0.1) is 0 Å². The molecule has 0 amide bonds. The molecule has 0 bridgehead atoms. The minimum absolute atomic E-state index is 0.160. The number of fused-ring (bicyclic) bond motifs is 1. The molecular formula is C15H18N2O3. The molecule has 2 N–H and O–H groups in total. The number of benzene rings is 1. The lowest BCUT2D eigenvalue weighted by Gasteiger charge is -2.19. The second kappa shape index (κ2) is 5.36. The average Bonchev–Trinajstić information content (AvgIpc) is 2.36. The number of carbonyl (C=O) groups is 1. The first-order chi connectivity index (χ1) is 9.37. The topological polar surface area (TPSA) is 74.4 Å². The van der Waals surface area contributed by atoms with E-state index in [0.717, 1.165) is 5.39 Å². The van der Waals surface area contributed by atoms with Crippen LogP contribution in [-0.4, -0.2) is 23.2 Å². The summed E-state index contributed by atoms with van der Waals surface area (Å²) in [4.78, 5) is 15.9. The fourth-order valence-electron chi connectivity index (χ4n) is 1.79. The highest BCUT2D eigenvalue weighted by molar-refractivity contribution is 5.94. The van der Waals surface area contributed by atoms with Crippen molar-refractivity contribution in [2.24, 2.45) is 0 Å². The Bertz CT molecular complexity index is 633. The van der Waals surface area contributed by atoms with Gasteiger partial charge >= 0.3 is 5.97 Å². The minimum atomic E-state index is -0.526. The Morgan fingerprint density at radius 3 is 2.75 bits per heavy atom. The number of esters is 1. The maximum atomic E-state index is 11.6. The second-order valence-corrected chi connectivity index (χ2v) is 5.43.